The van der Waals surface area contributed by atoms with E-state index >= 15 is 0 Å². The van der Waals surface area contributed by atoms with E-state index in [1.165, 1.54) is 13.8 Å². The molecule has 0 saturated carbocycles. The predicted octanol–water partition coefficient (Wildman–Crippen LogP) is 2.54. The third kappa shape index (κ3) is 5.62. The van der Waals surface area contributed by atoms with Crippen molar-refractivity contribution >= 4 is 29.1 Å². The number of amides is 3. The van der Waals surface area contributed by atoms with E-state index in [0.29, 0.717) is 29.2 Å². The summed E-state index contributed by atoms with van der Waals surface area (Å²) in [4.78, 5) is 35.1. The lowest BCUT2D eigenvalue weighted by Crippen LogP contribution is -2.23. The third-order valence-electron chi connectivity index (χ3n) is 3.42. The molecule has 0 spiro atoms. The van der Waals surface area contributed by atoms with Gasteiger partial charge in [-0.05, 0) is 35.9 Å². The van der Waals surface area contributed by atoms with Crippen molar-refractivity contribution in [3.8, 4) is 5.75 Å². The molecule has 0 aliphatic carbocycles. The minimum Gasteiger partial charge on any atom is -0.497 e. The second-order valence-corrected chi connectivity index (χ2v) is 5.70. The SMILES string of the molecule is COc1cccc(CNC(=O)c2cc(NC(C)=O)cc(NC(C)=O)c2)c1. The molecular formula is C19H21N3O4. The van der Waals surface area contributed by atoms with E-state index in [2.05, 4.69) is 16.0 Å². The Hall–Kier alpha value is -3.35. The Labute approximate surface area is 151 Å². The fraction of sp³-hybridized carbons (Fsp3) is 0.211. The lowest BCUT2D eigenvalue weighted by atomic mass is 10.1. The second-order valence-electron chi connectivity index (χ2n) is 5.70. The monoisotopic (exact) mass is 355 g/mol. The number of benzene rings is 2. The van der Waals surface area contributed by atoms with Crippen molar-refractivity contribution in [2.45, 2.75) is 20.4 Å². The standard InChI is InChI=1S/C19H21N3O4/c1-12(23)21-16-8-15(9-17(10-16)22-13(2)24)19(25)20-11-14-5-4-6-18(7-14)26-3/h4-10H,11H2,1-3H3,(H,20,25)(H,21,23)(H,22,24). The first-order chi connectivity index (χ1) is 12.4. The van der Waals surface area contributed by atoms with Crippen molar-refractivity contribution in [3.63, 3.8) is 0 Å². The molecule has 3 amide bonds. The van der Waals surface area contributed by atoms with Gasteiger partial charge < -0.3 is 20.7 Å². The first kappa shape index (κ1) is 19.0. The first-order valence-corrected chi connectivity index (χ1v) is 7.99. The zero-order chi connectivity index (χ0) is 19.1. The van der Waals surface area contributed by atoms with Crippen molar-refractivity contribution in [1.82, 2.24) is 5.32 Å². The second kappa shape index (κ2) is 8.66. The number of ether oxygens (including phenoxy) is 1. The molecule has 26 heavy (non-hydrogen) atoms. The van der Waals surface area contributed by atoms with Gasteiger partial charge in [0, 0.05) is 37.3 Å². The normalized spacial score (nSPS) is 9.96. The van der Waals surface area contributed by atoms with Crippen LogP contribution in [0, 0.1) is 0 Å². The Morgan fingerprint density at radius 3 is 2.08 bits per heavy atom. The van der Waals surface area contributed by atoms with Crippen molar-refractivity contribution < 1.29 is 19.1 Å². The smallest absolute Gasteiger partial charge is 0.251 e. The number of rotatable bonds is 6. The highest BCUT2D eigenvalue weighted by Crippen LogP contribution is 2.20. The molecule has 136 valence electrons. The van der Waals surface area contributed by atoms with Crippen molar-refractivity contribution in [1.29, 1.82) is 0 Å². The molecule has 3 N–H and O–H groups in total. The Kier molecular flexibility index (Phi) is 6.32. The van der Waals surface area contributed by atoms with E-state index in [4.69, 9.17) is 4.74 Å². The molecule has 0 fully saturated rings. The van der Waals surface area contributed by atoms with E-state index in [-0.39, 0.29) is 17.7 Å². The van der Waals surface area contributed by atoms with Crippen LogP contribution in [-0.4, -0.2) is 24.8 Å². The molecule has 0 aliphatic rings. The van der Waals surface area contributed by atoms with Crippen LogP contribution in [0.1, 0.15) is 29.8 Å². The molecule has 2 aromatic rings. The van der Waals surface area contributed by atoms with Crippen LogP contribution >= 0.6 is 0 Å². The summed E-state index contributed by atoms with van der Waals surface area (Å²) in [6.07, 6.45) is 0. The molecule has 0 bridgehead atoms. The summed E-state index contributed by atoms with van der Waals surface area (Å²) in [6, 6.07) is 12.0. The summed E-state index contributed by atoms with van der Waals surface area (Å²) < 4.78 is 5.16. The van der Waals surface area contributed by atoms with Gasteiger partial charge in [0.15, 0.2) is 0 Å². The summed E-state index contributed by atoms with van der Waals surface area (Å²) in [5.74, 6) is -0.163. The van der Waals surface area contributed by atoms with Gasteiger partial charge in [0.05, 0.1) is 7.11 Å². The zero-order valence-electron chi connectivity index (χ0n) is 14.9. The first-order valence-electron chi connectivity index (χ1n) is 7.99. The van der Waals surface area contributed by atoms with Crippen LogP contribution in [0.25, 0.3) is 0 Å². The number of hydrogen-bond donors (Lipinski definition) is 3. The van der Waals surface area contributed by atoms with Gasteiger partial charge in [-0.3, -0.25) is 14.4 Å². The summed E-state index contributed by atoms with van der Waals surface area (Å²) in [5.41, 5.74) is 2.06. The highest BCUT2D eigenvalue weighted by atomic mass is 16.5. The van der Waals surface area contributed by atoms with Gasteiger partial charge in [0.2, 0.25) is 11.8 Å². The Balaban J connectivity index is 2.17. The number of hydrogen-bond acceptors (Lipinski definition) is 4. The highest BCUT2D eigenvalue weighted by molar-refractivity contribution is 5.99. The quantitative estimate of drug-likeness (QED) is 0.742. The maximum absolute atomic E-state index is 12.5. The number of methoxy groups -OCH3 is 1. The average Bonchev–Trinajstić information content (AvgIpc) is 2.58. The highest BCUT2D eigenvalue weighted by Gasteiger charge is 2.11. The molecular weight excluding hydrogens is 334 g/mol. The summed E-state index contributed by atoms with van der Waals surface area (Å²) in [5, 5.41) is 8.04. The topological polar surface area (TPSA) is 96.5 Å². The summed E-state index contributed by atoms with van der Waals surface area (Å²) in [7, 11) is 1.58. The van der Waals surface area contributed by atoms with Crippen LogP contribution < -0.4 is 20.7 Å². The molecule has 7 heteroatoms. The number of carbonyl (C=O) groups excluding carboxylic acids is 3. The molecule has 0 aliphatic heterocycles. The van der Waals surface area contributed by atoms with Gasteiger partial charge in [0.1, 0.15) is 5.75 Å². The van der Waals surface area contributed by atoms with E-state index in [1.54, 1.807) is 25.3 Å². The van der Waals surface area contributed by atoms with Gasteiger partial charge in [-0.15, -0.1) is 0 Å². The minimum atomic E-state index is -0.327. The Morgan fingerprint density at radius 2 is 1.54 bits per heavy atom. The molecule has 0 atom stereocenters. The molecule has 2 rings (SSSR count). The minimum absolute atomic E-state index is 0.271. The van der Waals surface area contributed by atoms with Crippen molar-refractivity contribution in [2.75, 3.05) is 17.7 Å². The molecule has 2 aromatic carbocycles. The Bertz CT molecular complexity index is 799. The van der Waals surface area contributed by atoms with Gasteiger partial charge >= 0.3 is 0 Å². The van der Waals surface area contributed by atoms with E-state index < -0.39 is 0 Å². The van der Waals surface area contributed by atoms with Gasteiger partial charge in [0.25, 0.3) is 5.91 Å². The number of anilines is 2. The maximum atomic E-state index is 12.5. The largest absolute Gasteiger partial charge is 0.497 e. The molecule has 0 unspecified atom stereocenters. The fourth-order valence-electron chi connectivity index (χ4n) is 2.38. The molecule has 0 radical (unpaired) electrons. The van der Waals surface area contributed by atoms with Gasteiger partial charge in [-0.25, -0.2) is 0 Å². The van der Waals surface area contributed by atoms with Crippen LogP contribution in [0.15, 0.2) is 42.5 Å². The number of carbonyl (C=O) groups is 3. The van der Waals surface area contributed by atoms with Crippen molar-refractivity contribution in [2.24, 2.45) is 0 Å². The molecule has 0 saturated heterocycles. The molecule has 0 aromatic heterocycles. The fourth-order valence-corrected chi connectivity index (χ4v) is 2.38. The van der Waals surface area contributed by atoms with E-state index in [1.807, 2.05) is 24.3 Å². The average molecular weight is 355 g/mol. The third-order valence-corrected chi connectivity index (χ3v) is 3.42. The number of nitrogens with one attached hydrogen (secondary N) is 3. The van der Waals surface area contributed by atoms with Crippen LogP contribution in [0.4, 0.5) is 11.4 Å². The van der Waals surface area contributed by atoms with Gasteiger partial charge in [-0.1, -0.05) is 12.1 Å². The van der Waals surface area contributed by atoms with Crippen LogP contribution in [0.2, 0.25) is 0 Å². The van der Waals surface area contributed by atoms with E-state index in [0.717, 1.165) is 5.56 Å². The molecule has 0 heterocycles. The lowest BCUT2D eigenvalue weighted by molar-refractivity contribution is -0.115. The predicted molar refractivity (Wildman–Crippen MR) is 99.2 cm³/mol. The zero-order valence-corrected chi connectivity index (χ0v) is 14.9. The maximum Gasteiger partial charge on any atom is 0.251 e. The Morgan fingerprint density at radius 1 is 0.923 bits per heavy atom. The van der Waals surface area contributed by atoms with E-state index in [9.17, 15) is 14.4 Å². The van der Waals surface area contributed by atoms with Crippen LogP contribution in [0.5, 0.6) is 5.75 Å². The summed E-state index contributed by atoms with van der Waals surface area (Å²) >= 11 is 0. The summed E-state index contributed by atoms with van der Waals surface area (Å²) in [6.45, 7) is 3.05. The van der Waals surface area contributed by atoms with Crippen LogP contribution in [0.3, 0.4) is 0 Å². The van der Waals surface area contributed by atoms with Crippen LogP contribution in [-0.2, 0) is 16.1 Å². The van der Waals surface area contributed by atoms with Gasteiger partial charge in [-0.2, -0.15) is 0 Å². The van der Waals surface area contributed by atoms with Crippen molar-refractivity contribution in [3.05, 3.63) is 53.6 Å². The molecule has 7 nitrogen and oxygen atoms in total. The lowest BCUT2D eigenvalue weighted by Gasteiger charge is -2.11.